The molecule has 0 saturated heterocycles. The van der Waals surface area contributed by atoms with Gasteiger partial charge in [0, 0.05) is 24.5 Å². The average molecular weight is 269 g/mol. The molecule has 0 radical (unpaired) electrons. The highest BCUT2D eigenvalue weighted by atomic mass is 16.5. The van der Waals surface area contributed by atoms with E-state index in [1.807, 2.05) is 13.8 Å². The second kappa shape index (κ2) is 5.53. The van der Waals surface area contributed by atoms with Gasteiger partial charge in [-0.05, 0) is 37.5 Å². The molecule has 1 fully saturated rings. The molecule has 0 heterocycles. The molecule has 0 spiro atoms. The summed E-state index contributed by atoms with van der Waals surface area (Å²) in [5, 5.41) is 0. The van der Waals surface area contributed by atoms with E-state index < -0.39 is 0 Å². The van der Waals surface area contributed by atoms with Gasteiger partial charge < -0.3 is 10.5 Å². The standard InChI is InChI=1S/C16H31NO2/c1-12(2)16(8-9-16)15(5,17)11-14(3,4)13(18)7-10-19-6/h12H,7-11,17H2,1-6H3. The lowest BCUT2D eigenvalue weighted by Crippen LogP contribution is -2.52. The zero-order valence-corrected chi connectivity index (χ0v) is 13.5. The third-order valence-corrected chi connectivity index (χ3v) is 5.13. The second-order valence-electron chi connectivity index (χ2n) is 7.45. The van der Waals surface area contributed by atoms with E-state index in [1.54, 1.807) is 7.11 Å². The van der Waals surface area contributed by atoms with Crippen molar-refractivity contribution in [2.75, 3.05) is 13.7 Å². The summed E-state index contributed by atoms with van der Waals surface area (Å²) in [4.78, 5) is 12.3. The van der Waals surface area contributed by atoms with Crippen LogP contribution in [0.4, 0.5) is 0 Å². The Labute approximate surface area is 118 Å². The van der Waals surface area contributed by atoms with Crippen LogP contribution >= 0.6 is 0 Å². The number of rotatable bonds is 8. The number of carbonyl (C=O) groups excluding carboxylic acids is 1. The number of carbonyl (C=O) groups is 1. The quantitative estimate of drug-likeness (QED) is 0.736. The van der Waals surface area contributed by atoms with Gasteiger partial charge >= 0.3 is 0 Å². The number of methoxy groups -OCH3 is 1. The van der Waals surface area contributed by atoms with Gasteiger partial charge in [-0.1, -0.05) is 27.7 Å². The molecular weight excluding hydrogens is 238 g/mol. The van der Waals surface area contributed by atoms with E-state index in [1.165, 1.54) is 12.8 Å². The van der Waals surface area contributed by atoms with Gasteiger partial charge in [0.2, 0.25) is 0 Å². The number of Topliss-reactive ketones (excluding diaryl/α,β-unsaturated/α-hetero) is 1. The van der Waals surface area contributed by atoms with Crippen molar-refractivity contribution in [2.24, 2.45) is 22.5 Å². The van der Waals surface area contributed by atoms with Gasteiger partial charge in [0.05, 0.1) is 6.61 Å². The van der Waals surface area contributed by atoms with Crippen LogP contribution in [0, 0.1) is 16.7 Å². The van der Waals surface area contributed by atoms with E-state index in [0.717, 1.165) is 6.42 Å². The molecule has 0 aromatic heterocycles. The molecule has 0 bridgehead atoms. The van der Waals surface area contributed by atoms with Crippen molar-refractivity contribution >= 4 is 5.78 Å². The van der Waals surface area contributed by atoms with E-state index in [-0.39, 0.29) is 22.2 Å². The highest BCUT2D eigenvalue weighted by Gasteiger charge is 2.58. The van der Waals surface area contributed by atoms with Crippen LogP contribution in [0.2, 0.25) is 0 Å². The van der Waals surface area contributed by atoms with Crippen molar-refractivity contribution in [3.05, 3.63) is 0 Å². The van der Waals surface area contributed by atoms with Crippen molar-refractivity contribution in [3.8, 4) is 0 Å². The Kier molecular flexibility index (Phi) is 4.84. The predicted octanol–water partition coefficient (Wildman–Crippen LogP) is 3.16. The van der Waals surface area contributed by atoms with Crippen molar-refractivity contribution in [1.82, 2.24) is 0 Å². The first kappa shape index (κ1) is 16.6. The van der Waals surface area contributed by atoms with Gasteiger partial charge in [-0.15, -0.1) is 0 Å². The summed E-state index contributed by atoms with van der Waals surface area (Å²) in [5.74, 6) is 0.831. The lowest BCUT2D eigenvalue weighted by molar-refractivity contribution is -0.129. The fraction of sp³-hybridized carbons (Fsp3) is 0.938. The van der Waals surface area contributed by atoms with E-state index in [4.69, 9.17) is 10.5 Å². The zero-order chi connectivity index (χ0) is 14.9. The molecule has 1 aliphatic carbocycles. The minimum Gasteiger partial charge on any atom is -0.384 e. The summed E-state index contributed by atoms with van der Waals surface area (Å²) in [5.41, 5.74) is 6.22. The summed E-state index contributed by atoms with van der Waals surface area (Å²) in [6.45, 7) is 11.2. The summed E-state index contributed by atoms with van der Waals surface area (Å²) in [6, 6.07) is 0. The van der Waals surface area contributed by atoms with Crippen molar-refractivity contribution in [3.63, 3.8) is 0 Å². The van der Waals surface area contributed by atoms with Crippen molar-refractivity contribution in [1.29, 1.82) is 0 Å². The van der Waals surface area contributed by atoms with Crippen LogP contribution in [0.25, 0.3) is 0 Å². The molecule has 0 aromatic rings. The minimum absolute atomic E-state index is 0.228. The molecule has 1 rings (SSSR count). The Morgan fingerprint density at radius 3 is 2.21 bits per heavy atom. The maximum absolute atomic E-state index is 12.3. The number of hydrogen-bond acceptors (Lipinski definition) is 3. The smallest absolute Gasteiger partial charge is 0.140 e. The molecule has 3 nitrogen and oxygen atoms in total. The second-order valence-corrected chi connectivity index (χ2v) is 7.45. The molecule has 3 heteroatoms. The lowest BCUT2D eigenvalue weighted by atomic mass is 9.66. The molecular formula is C16H31NO2. The molecule has 19 heavy (non-hydrogen) atoms. The number of nitrogens with two attached hydrogens (primary N) is 1. The van der Waals surface area contributed by atoms with Crippen LogP contribution in [0.15, 0.2) is 0 Å². The van der Waals surface area contributed by atoms with E-state index in [2.05, 4.69) is 20.8 Å². The Morgan fingerprint density at radius 1 is 1.32 bits per heavy atom. The zero-order valence-electron chi connectivity index (χ0n) is 13.5. The topological polar surface area (TPSA) is 52.3 Å². The number of ketones is 1. The molecule has 0 amide bonds. The third kappa shape index (κ3) is 3.38. The maximum atomic E-state index is 12.3. The first-order valence-electron chi connectivity index (χ1n) is 7.40. The van der Waals surface area contributed by atoms with Crippen LogP contribution in [0.3, 0.4) is 0 Å². The van der Waals surface area contributed by atoms with Gasteiger partial charge in [0.1, 0.15) is 5.78 Å². The van der Waals surface area contributed by atoms with Crippen molar-refractivity contribution < 1.29 is 9.53 Å². The molecule has 0 aromatic carbocycles. The summed E-state index contributed by atoms with van der Waals surface area (Å²) < 4.78 is 5.00. The minimum atomic E-state index is -0.369. The Bertz CT molecular complexity index is 328. The Morgan fingerprint density at radius 2 is 1.84 bits per heavy atom. The van der Waals surface area contributed by atoms with Crippen LogP contribution in [-0.4, -0.2) is 25.0 Å². The maximum Gasteiger partial charge on any atom is 0.140 e. The van der Waals surface area contributed by atoms with Crippen molar-refractivity contribution in [2.45, 2.75) is 65.8 Å². The van der Waals surface area contributed by atoms with Crippen LogP contribution < -0.4 is 5.73 Å². The Balaban J connectivity index is 2.74. The molecule has 1 saturated carbocycles. The van der Waals surface area contributed by atoms with Crippen LogP contribution in [0.1, 0.15) is 60.3 Å². The van der Waals surface area contributed by atoms with Gasteiger partial charge in [0.15, 0.2) is 0 Å². The molecule has 1 atom stereocenters. The molecule has 2 N–H and O–H groups in total. The summed E-state index contributed by atoms with van der Waals surface area (Å²) in [6.07, 6.45) is 3.62. The lowest BCUT2D eigenvalue weighted by Gasteiger charge is -2.42. The number of hydrogen-bond donors (Lipinski definition) is 1. The molecule has 112 valence electrons. The van der Waals surface area contributed by atoms with Crippen LogP contribution in [-0.2, 0) is 9.53 Å². The first-order chi connectivity index (χ1) is 8.59. The van der Waals surface area contributed by atoms with Gasteiger partial charge in [0.25, 0.3) is 0 Å². The molecule has 1 unspecified atom stereocenters. The fourth-order valence-corrected chi connectivity index (χ4v) is 3.67. The monoisotopic (exact) mass is 269 g/mol. The fourth-order valence-electron chi connectivity index (χ4n) is 3.67. The van der Waals surface area contributed by atoms with Crippen LogP contribution in [0.5, 0.6) is 0 Å². The molecule has 0 aliphatic heterocycles. The average Bonchev–Trinajstić information content (AvgIpc) is 3.05. The highest BCUT2D eigenvalue weighted by Crippen LogP contribution is 2.60. The van der Waals surface area contributed by atoms with E-state index in [9.17, 15) is 4.79 Å². The first-order valence-corrected chi connectivity index (χ1v) is 7.40. The number of ether oxygens (including phenoxy) is 1. The van der Waals surface area contributed by atoms with E-state index in [0.29, 0.717) is 18.9 Å². The van der Waals surface area contributed by atoms with E-state index >= 15 is 0 Å². The highest BCUT2D eigenvalue weighted by molar-refractivity contribution is 5.84. The van der Waals surface area contributed by atoms with Gasteiger partial charge in [-0.2, -0.15) is 0 Å². The van der Waals surface area contributed by atoms with Gasteiger partial charge in [-0.3, -0.25) is 4.79 Å². The third-order valence-electron chi connectivity index (χ3n) is 5.13. The normalized spacial score (nSPS) is 21.3. The largest absolute Gasteiger partial charge is 0.384 e. The SMILES string of the molecule is COCCC(=O)C(C)(C)CC(C)(N)C1(C(C)C)CC1. The summed E-state index contributed by atoms with van der Waals surface area (Å²) >= 11 is 0. The Hall–Kier alpha value is -0.410. The van der Waals surface area contributed by atoms with Gasteiger partial charge in [-0.25, -0.2) is 0 Å². The summed E-state index contributed by atoms with van der Waals surface area (Å²) in [7, 11) is 1.63. The predicted molar refractivity (Wildman–Crippen MR) is 79.0 cm³/mol. The molecule has 1 aliphatic rings.